The maximum Gasteiger partial charge on any atom is 0.427 e. The molecule has 2 atom stereocenters. The van der Waals surface area contributed by atoms with E-state index < -0.39 is 30.3 Å². The molecule has 0 aliphatic heterocycles. The molecule has 0 bridgehead atoms. The van der Waals surface area contributed by atoms with Crippen LogP contribution in [0, 0.1) is 5.41 Å². The van der Waals surface area contributed by atoms with Crippen molar-refractivity contribution in [3.05, 3.63) is 54.1 Å². The smallest absolute Gasteiger partial charge is 0.427 e. The van der Waals surface area contributed by atoms with Crippen LogP contribution in [0.15, 0.2) is 48.6 Å². The number of ether oxygens (including phenoxy) is 2. The summed E-state index contributed by atoms with van der Waals surface area (Å²) in [5, 5.41) is 0. The molecule has 0 spiro atoms. The Morgan fingerprint density at radius 2 is 1.63 bits per heavy atom. The third-order valence-electron chi connectivity index (χ3n) is 6.49. The summed E-state index contributed by atoms with van der Waals surface area (Å²) in [6.45, 7) is 3.52. The van der Waals surface area contributed by atoms with Crippen LogP contribution in [0.25, 0.3) is 5.57 Å². The van der Waals surface area contributed by atoms with Crippen LogP contribution in [0.3, 0.4) is 0 Å². The number of esters is 1. The topological polar surface area (TPSA) is 35.5 Å². The van der Waals surface area contributed by atoms with E-state index in [1.807, 2.05) is 49.4 Å². The predicted molar refractivity (Wildman–Crippen MR) is 135 cm³/mol. The maximum absolute atomic E-state index is 13.6. The van der Waals surface area contributed by atoms with Crippen LogP contribution in [0.2, 0.25) is 0 Å². The van der Waals surface area contributed by atoms with Crippen LogP contribution in [-0.2, 0) is 14.3 Å². The normalized spacial score (nSPS) is 18.8. The van der Waals surface area contributed by atoms with Crippen molar-refractivity contribution in [2.24, 2.45) is 5.41 Å². The van der Waals surface area contributed by atoms with Gasteiger partial charge in [-0.2, -0.15) is 13.2 Å². The quantitative estimate of drug-likeness (QED) is 0.171. The van der Waals surface area contributed by atoms with Crippen molar-refractivity contribution in [2.75, 3.05) is 13.2 Å². The molecule has 2 unspecified atom stereocenters. The number of alkyl halides is 3. The molecule has 6 heteroatoms. The first-order valence-electron chi connectivity index (χ1n) is 13.1. The number of hydrogen-bond acceptors (Lipinski definition) is 3. The molecular formula is C29H41F3O3. The van der Waals surface area contributed by atoms with Crippen molar-refractivity contribution < 1.29 is 27.4 Å². The molecule has 0 N–H and O–H groups in total. The van der Waals surface area contributed by atoms with Crippen molar-refractivity contribution in [1.82, 2.24) is 0 Å². The van der Waals surface area contributed by atoms with Crippen molar-refractivity contribution in [3.8, 4) is 0 Å². The predicted octanol–water partition coefficient (Wildman–Crippen LogP) is 8.45. The Hall–Kier alpha value is -2.08. The number of carbonyl (C=O) groups is 1. The fraction of sp³-hybridized carbons (Fsp3) is 0.621. The Balaban J connectivity index is 2.07. The molecule has 0 heterocycles. The van der Waals surface area contributed by atoms with Crippen molar-refractivity contribution in [3.63, 3.8) is 0 Å². The summed E-state index contributed by atoms with van der Waals surface area (Å²) in [7, 11) is 0. The molecule has 0 amide bonds. The molecule has 0 saturated heterocycles. The summed E-state index contributed by atoms with van der Waals surface area (Å²) in [5.41, 5.74) is 0.886. The minimum atomic E-state index is -4.67. The molecule has 0 fully saturated rings. The molecule has 0 aromatic heterocycles. The van der Waals surface area contributed by atoms with Gasteiger partial charge in [0.15, 0.2) is 0 Å². The Kier molecular flexibility index (Phi) is 12.6. The molecule has 0 saturated carbocycles. The lowest BCUT2D eigenvalue weighted by Crippen LogP contribution is -2.42. The van der Waals surface area contributed by atoms with E-state index in [1.54, 1.807) is 6.08 Å². The van der Waals surface area contributed by atoms with Crippen molar-refractivity contribution >= 4 is 11.5 Å². The second-order valence-electron chi connectivity index (χ2n) is 9.45. The molecule has 1 aromatic rings. The van der Waals surface area contributed by atoms with Crippen LogP contribution in [-0.4, -0.2) is 31.5 Å². The molecule has 196 valence electrons. The third-order valence-corrected chi connectivity index (χ3v) is 6.49. The Morgan fingerprint density at radius 3 is 2.20 bits per heavy atom. The second-order valence-corrected chi connectivity index (χ2v) is 9.45. The molecule has 3 nitrogen and oxygen atoms in total. The molecule has 1 aliphatic rings. The molecule has 1 aliphatic carbocycles. The number of carbonyl (C=O) groups excluding carboxylic acids is 1. The fourth-order valence-corrected chi connectivity index (χ4v) is 4.31. The van der Waals surface area contributed by atoms with Gasteiger partial charge in [-0.25, -0.2) is 0 Å². The van der Waals surface area contributed by atoms with Crippen LogP contribution in [0.1, 0.15) is 90.0 Å². The highest BCUT2D eigenvalue weighted by Gasteiger charge is 2.47. The van der Waals surface area contributed by atoms with Gasteiger partial charge in [0.05, 0.1) is 12.0 Å². The lowest BCUT2D eigenvalue weighted by molar-refractivity contribution is -0.236. The van der Waals surface area contributed by atoms with Gasteiger partial charge in [-0.05, 0) is 30.4 Å². The number of allylic oxidation sites excluding steroid dienone is 3. The van der Waals surface area contributed by atoms with Crippen molar-refractivity contribution in [1.29, 1.82) is 0 Å². The van der Waals surface area contributed by atoms with E-state index in [2.05, 4.69) is 6.92 Å². The first-order chi connectivity index (χ1) is 16.8. The SMILES string of the molecule is CCCCCCCCCCC1(C(=O)OC(COCCC)C(F)(F)F)C=CC(c2ccccc2)=CC1. The van der Waals surface area contributed by atoms with Crippen molar-refractivity contribution in [2.45, 2.75) is 96.8 Å². The minimum absolute atomic E-state index is 0.191. The highest BCUT2D eigenvalue weighted by atomic mass is 19.4. The highest BCUT2D eigenvalue weighted by Crippen LogP contribution is 2.40. The van der Waals surface area contributed by atoms with Crippen LogP contribution < -0.4 is 0 Å². The van der Waals surface area contributed by atoms with Gasteiger partial charge in [0.1, 0.15) is 0 Å². The van der Waals surface area contributed by atoms with Gasteiger partial charge >= 0.3 is 12.1 Å². The number of halogens is 3. The van der Waals surface area contributed by atoms with E-state index in [0.29, 0.717) is 19.3 Å². The molecular weight excluding hydrogens is 453 g/mol. The van der Waals surface area contributed by atoms with E-state index in [-0.39, 0.29) is 6.61 Å². The second kappa shape index (κ2) is 15.1. The number of unbranched alkanes of at least 4 members (excludes halogenated alkanes) is 7. The minimum Gasteiger partial charge on any atom is -0.450 e. The van der Waals surface area contributed by atoms with Gasteiger partial charge in [-0.1, -0.05) is 114 Å². The fourth-order valence-electron chi connectivity index (χ4n) is 4.31. The third kappa shape index (κ3) is 9.83. The summed E-state index contributed by atoms with van der Waals surface area (Å²) < 4.78 is 50.9. The number of benzene rings is 1. The Morgan fingerprint density at radius 1 is 0.971 bits per heavy atom. The summed E-state index contributed by atoms with van der Waals surface area (Å²) in [4.78, 5) is 13.2. The lowest BCUT2D eigenvalue weighted by atomic mass is 9.75. The van der Waals surface area contributed by atoms with E-state index in [1.165, 1.54) is 25.7 Å². The van der Waals surface area contributed by atoms with Crippen LogP contribution in [0.4, 0.5) is 13.2 Å². The zero-order valence-electron chi connectivity index (χ0n) is 21.2. The first kappa shape index (κ1) is 29.2. The van der Waals surface area contributed by atoms with Gasteiger partial charge in [0, 0.05) is 6.61 Å². The molecule has 2 rings (SSSR count). The van der Waals surface area contributed by atoms with E-state index in [0.717, 1.165) is 36.8 Å². The van der Waals surface area contributed by atoms with E-state index in [9.17, 15) is 18.0 Å². The van der Waals surface area contributed by atoms with Gasteiger partial charge in [-0.3, -0.25) is 4.79 Å². The van der Waals surface area contributed by atoms with Crippen LogP contribution >= 0.6 is 0 Å². The summed E-state index contributed by atoms with van der Waals surface area (Å²) in [5.74, 6) is -0.817. The monoisotopic (exact) mass is 494 g/mol. The van der Waals surface area contributed by atoms with E-state index >= 15 is 0 Å². The zero-order chi connectivity index (χ0) is 25.6. The van der Waals surface area contributed by atoms with Gasteiger partial charge in [-0.15, -0.1) is 0 Å². The Bertz CT molecular complexity index is 801. The van der Waals surface area contributed by atoms with E-state index in [4.69, 9.17) is 9.47 Å². The Labute approximate surface area is 208 Å². The highest BCUT2D eigenvalue weighted by molar-refractivity contribution is 5.84. The zero-order valence-corrected chi connectivity index (χ0v) is 21.2. The first-order valence-corrected chi connectivity index (χ1v) is 13.1. The molecule has 0 radical (unpaired) electrons. The molecule has 1 aromatic carbocycles. The number of hydrogen-bond donors (Lipinski definition) is 0. The standard InChI is InChI=1S/C29H41F3O3/c1-3-5-6-7-8-9-10-14-19-28(20-17-25(18-21-28)24-15-12-11-13-16-24)27(33)35-26(29(30,31)32)23-34-22-4-2/h11-13,15-18,20,26H,3-10,14,19,21-23H2,1-2H3. The average molecular weight is 495 g/mol. The van der Waals surface area contributed by atoms with Gasteiger partial charge in [0.2, 0.25) is 6.10 Å². The molecule has 35 heavy (non-hydrogen) atoms. The summed E-state index contributed by atoms with van der Waals surface area (Å²) in [6.07, 6.45) is 8.84. The summed E-state index contributed by atoms with van der Waals surface area (Å²) >= 11 is 0. The van der Waals surface area contributed by atoms with Gasteiger partial charge in [0.25, 0.3) is 0 Å². The average Bonchev–Trinajstić information content (AvgIpc) is 2.85. The number of rotatable bonds is 16. The van der Waals surface area contributed by atoms with Gasteiger partial charge < -0.3 is 9.47 Å². The lowest BCUT2D eigenvalue weighted by Gasteiger charge is -2.32. The maximum atomic E-state index is 13.6. The van der Waals surface area contributed by atoms with Crippen LogP contribution in [0.5, 0.6) is 0 Å². The largest absolute Gasteiger partial charge is 0.450 e. The summed E-state index contributed by atoms with van der Waals surface area (Å²) in [6, 6.07) is 9.75.